The summed E-state index contributed by atoms with van der Waals surface area (Å²) < 4.78 is 0. The van der Waals surface area contributed by atoms with Gasteiger partial charge in [-0.05, 0) is 30.7 Å². The predicted molar refractivity (Wildman–Crippen MR) is 130 cm³/mol. The quantitative estimate of drug-likeness (QED) is 0.636. The Bertz CT molecular complexity index is 875. The Hall–Kier alpha value is -2.90. The number of nitrogens with zero attached hydrogens (tertiary/aromatic N) is 2. The minimum Gasteiger partial charge on any atom is -0.342 e. The molecule has 34 heavy (non-hydrogen) atoms. The van der Waals surface area contributed by atoms with Gasteiger partial charge in [0.05, 0.1) is 6.54 Å². The standard InChI is InChI=1S/C26H38N4O4/c1-4-6-14-29-17-22(31)27-20(16-19-11-8-7-9-12-19)24(32)28-23(18(3)5-2)26(34)30-15-10-13-21(30)25(29)33/h7-9,11-12,18,20-21,23H,4-6,10,13-17H2,1-3H3,(H,27,31)(H,28,32)/t18?,20-,21+,23-/m0/s1. The molecule has 2 aliphatic heterocycles. The normalized spacial score (nSPS) is 25.2. The predicted octanol–water partition coefficient (Wildman–Crippen LogP) is 1.88. The third kappa shape index (κ3) is 6.15. The average Bonchev–Trinajstić information content (AvgIpc) is 3.33. The lowest BCUT2D eigenvalue weighted by atomic mass is 9.96. The van der Waals surface area contributed by atoms with Gasteiger partial charge in [0.15, 0.2) is 0 Å². The zero-order valence-electron chi connectivity index (χ0n) is 20.6. The zero-order chi connectivity index (χ0) is 24.7. The van der Waals surface area contributed by atoms with Crippen molar-refractivity contribution in [3.05, 3.63) is 35.9 Å². The second-order valence-corrected chi connectivity index (χ2v) is 9.48. The lowest BCUT2D eigenvalue weighted by Crippen LogP contribution is -2.61. The van der Waals surface area contributed by atoms with Crippen LogP contribution in [0.2, 0.25) is 0 Å². The van der Waals surface area contributed by atoms with Crippen molar-refractivity contribution < 1.29 is 19.2 Å². The van der Waals surface area contributed by atoms with Crippen LogP contribution in [0.15, 0.2) is 30.3 Å². The van der Waals surface area contributed by atoms with Crippen molar-refractivity contribution in [3.63, 3.8) is 0 Å². The van der Waals surface area contributed by atoms with Gasteiger partial charge in [-0.25, -0.2) is 0 Å². The molecule has 8 nitrogen and oxygen atoms in total. The first kappa shape index (κ1) is 25.7. The Labute approximate surface area is 202 Å². The van der Waals surface area contributed by atoms with Gasteiger partial charge in [0.25, 0.3) is 0 Å². The van der Waals surface area contributed by atoms with Gasteiger partial charge in [-0.1, -0.05) is 63.9 Å². The molecule has 3 rings (SSSR count). The molecule has 4 amide bonds. The van der Waals surface area contributed by atoms with Crippen LogP contribution in [0.1, 0.15) is 58.4 Å². The molecule has 2 N–H and O–H groups in total. The molecule has 0 saturated carbocycles. The summed E-state index contributed by atoms with van der Waals surface area (Å²) in [7, 11) is 0. The maximum absolute atomic E-state index is 13.6. The first-order valence-corrected chi connectivity index (χ1v) is 12.6. The molecule has 0 aliphatic carbocycles. The maximum Gasteiger partial charge on any atom is 0.246 e. The maximum atomic E-state index is 13.6. The molecule has 2 aliphatic rings. The van der Waals surface area contributed by atoms with Gasteiger partial charge in [0.1, 0.15) is 18.1 Å². The van der Waals surface area contributed by atoms with Crippen LogP contribution in [-0.4, -0.2) is 71.2 Å². The van der Waals surface area contributed by atoms with Gasteiger partial charge in [0.2, 0.25) is 23.6 Å². The molecule has 2 fully saturated rings. The van der Waals surface area contributed by atoms with Crippen molar-refractivity contribution >= 4 is 23.6 Å². The molecule has 186 valence electrons. The molecule has 1 aromatic rings. The molecule has 1 unspecified atom stereocenters. The third-order valence-electron chi connectivity index (χ3n) is 6.96. The Morgan fingerprint density at radius 1 is 1.03 bits per heavy atom. The first-order valence-electron chi connectivity index (χ1n) is 12.6. The lowest BCUT2D eigenvalue weighted by Gasteiger charge is -2.35. The average molecular weight is 471 g/mol. The van der Waals surface area contributed by atoms with Crippen LogP contribution in [0.3, 0.4) is 0 Å². The minimum atomic E-state index is -0.841. The van der Waals surface area contributed by atoms with Gasteiger partial charge >= 0.3 is 0 Å². The van der Waals surface area contributed by atoms with Gasteiger partial charge < -0.3 is 20.4 Å². The number of hydrogen-bond acceptors (Lipinski definition) is 4. The van der Waals surface area contributed by atoms with E-state index in [0.29, 0.717) is 32.4 Å². The summed E-state index contributed by atoms with van der Waals surface area (Å²) in [6.07, 6.45) is 3.95. The van der Waals surface area contributed by atoms with Crippen molar-refractivity contribution in [2.75, 3.05) is 19.6 Å². The monoisotopic (exact) mass is 470 g/mol. The molecule has 0 aromatic heterocycles. The number of fused-ring (bicyclic) bond motifs is 1. The van der Waals surface area contributed by atoms with Crippen LogP contribution in [0.4, 0.5) is 0 Å². The Kier molecular flexibility index (Phi) is 9.07. The summed E-state index contributed by atoms with van der Waals surface area (Å²) in [5.41, 5.74) is 0.903. The van der Waals surface area contributed by atoms with Crippen LogP contribution in [-0.2, 0) is 25.6 Å². The van der Waals surface area contributed by atoms with Crippen LogP contribution in [0.5, 0.6) is 0 Å². The Balaban J connectivity index is 1.96. The number of rotatable bonds is 7. The molecule has 8 heteroatoms. The summed E-state index contributed by atoms with van der Waals surface area (Å²) in [6, 6.07) is 7.29. The molecule has 2 saturated heterocycles. The second-order valence-electron chi connectivity index (χ2n) is 9.48. The number of amides is 4. The van der Waals surface area contributed by atoms with Crippen LogP contribution in [0.25, 0.3) is 0 Å². The van der Waals surface area contributed by atoms with E-state index in [1.165, 1.54) is 0 Å². The molecule has 1 aromatic carbocycles. The summed E-state index contributed by atoms with van der Waals surface area (Å²) in [4.78, 5) is 56.7. The zero-order valence-corrected chi connectivity index (χ0v) is 20.6. The van der Waals surface area contributed by atoms with E-state index < -0.39 is 18.1 Å². The SMILES string of the molecule is CCCCN1CC(=O)N[C@@H](Cc2ccccc2)C(=O)N[C@@H](C(C)CC)C(=O)N2CCC[C@@H]2C1=O. The second kappa shape index (κ2) is 12.0. The van der Waals surface area contributed by atoms with E-state index >= 15 is 0 Å². The van der Waals surface area contributed by atoms with Crippen molar-refractivity contribution in [2.24, 2.45) is 5.92 Å². The van der Waals surface area contributed by atoms with E-state index in [1.54, 1.807) is 9.80 Å². The fourth-order valence-electron chi connectivity index (χ4n) is 4.70. The summed E-state index contributed by atoms with van der Waals surface area (Å²) in [5.74, 6) is -1.24. The number of carbonyl (C=O) groups is 4. The highest BCUT2D eigenvalue weighted by Gasteiger charge is 2.42. The highest BCUT2D eigenvalue weighted by atomic mass is 16.2. The van der Waals surface area contributed by atoms with Gasteiger partial charge in [-0.15, -0.1) is 0 Å². The van der Waals surface area contributed by atoms with Gasteiger partial charge in [-0.3, -0.25) is 19.2 Å². The fourth-order valence-corrected chi connectivity index (χ4v) is 4.70. The number of nitrogens with one attached hydrogen (secondary N) is 2. The summed E-state index contributed by atoms with van der Waals surface area (Å²) in [5, 5.41) is 5.77. The summed E-state index contributed by atoms with van der Waals surface area (Å²) in [6.45, 7) is 6.75. The molecule has 0 radical (unpaired) electrons. The van der Waals surface area contributed by atoms with E-state index in [9.17, 15) is 19.2 Å². The number of unbranched alkanes of at least 4 members (excludes halogenated alkanes) is 1. The smallest absolute Gasteiger partial charge is 0.246 e. The van der Waals surface area contributed by atoms with E-state index in [0.717, 1.165) is 24.8 Å². The molecule has 0 bridgehead atoms. The topological polar surface area (TPSA) is 98.8 Å². The number of carbonyl (C=O) groups excluding carboxylic acids is 4. The molecular weight excluding hydrogens is 432 g/mol. The van der Waals surface area contributed by atoms with Crippen LogP contribution >= 0.6 is 0 Å². The van der Waals surface area contributed by atoms with Crippen LogP contribution < -0.4 is 10.6 Å². The molecule has 0 spiro atoms. The van der Waals surface area contributed by atoms with Gasteiger partial charge in [-0.2, -0.15) is 0 Å². The molecule has 2 heterocycles. The van der Waals surface area contributed by atoms with Gasteiger partial charge in [0, 0.05) is 19.5 Å². The van der Waals surface area contributed by atoms with E-state index in [2.05, 4.69) is 10.6 Å². The van der Waals surface area contributed by atoms with E-state index in [4.69, 9.17) is 0 Å². The molecule has 4 atom stereocenters. The Morgan fingerprint density at radius 3 is 2.44 bits per heavy atom. The first-order chi connectivity index (χ1) is 16.3. The van der Waals surface area contributed by atoms with E-state index in [1.807, 2.05) is 51.1 Å². The van der Waals surface area contributed by atoms with Crippen molar-refractivity contribution in [1.82, 2.24) is 20.4 Å². The minimum absolute atomic E-state index is 0.111. The highest BCUT2D eigenvalue weighted by molar-refractivity contribution is 5.97. The largest absolute Gasteiger partial charge is 0.342 e. The number of hydrogen-bond donors (Lipinski definition) is 2. The van der Waals surface area contributed by atoms with E-state index in [-0.39, 0.29) is 36.1 Å². The lowest BCUT2D eigenvalue weighted by molar-refractivity contribution is -0.148. The number of benzene rings is 1. The fraction of sp³-hybridized carbons (Fsp3) is 0.615. The van der Waals surface area contributed by atoms with Crippen molar-refractivity contribution in [3.8, 4) is 0 Å². The van der Waals surface area contributed by atoms with Crippen molar-refractivity contribution in [2.45, 2.75) is 77.4 Å². The third-order valence-corrected chi connectivity index (χ3v) is 6.96. The van der Waals surface area contributed by atoms with Crippen LogP contribution in [0, 0.1) is 5.92 Å². The summed E-state index contributed by atoms with van der Waals surface area (Å²) >= 11 is 0. The highest BCUT2D eigenvalue weighted by Crippen LogP contribution is 2.23. The van der Waals surface area contributed by atoms with Crippen molar-refractivity contribution in [1.29, 1.82) is 0 Å². The Morgan fingerprint density at radius 2 is 1.76 bits per heavy atom. The molecular formula is C26H38N4O4.